The van der Waals surface area contributed by atoms with Gasteiger partial charge < -0.3 is 18.6 Å². The normalized spacial score (nSPS) is 15.8. The van der Waals surface area contributed by atoms with E-state index in [9.17, 15) is 0 Å². The van der Waals surface area contributed by atoms with Gasteiger partial charge in [0.15, 0.2) is 11.5 Å². The molecule has 0 bridgehead atoms. The van der Waals surface area contributed by atoms with Crippen LogP contribution < -0.4 is 14.2 Å². The van der Waals surface area contributed by atoms with Crippen LogP contribution in [0.4, 0.5) is 0 Å². The first kappa shape index (κ1) is 15.8. The molecule has 1 aliphatic heterocycles. The van der Waals surface area contributed by atoms with Crippen molar-refractivity contribution in [3.63, 3.8) is 0 Å². The molecular weight excluding hydrogens is 340 g/mol. The second-order valence-electron chi connectivity index (χ2n) is 5.41. The maximum atomic E-state index is 5.92. The van der Waals surface area contributed by atoms with Gasteiger partial charge in [0.25, 0.3) is 5.22 Å². The number of rotatable bonds is 5. The lowest BCUT2D eigenvalue weighted by molar-refractivity contribution is 0.107. The van der Waals surface area contributed by atoms with Gasteiger partial charge in [-0.15, -0.1) is 10.2 Å². The lowest BCUT2D eigenvalue weighted by atomic mass is 10.2. The van der Waals surface area contributed by atoms with Crippen LogP contribution in [0.2, 0.25) is 0 Å². The summed E-state index contributed by atoms with van der Waals surface area (Å²) in [6.45, 7) is 0.503. The van der Waals surface area contributed by atoms with E-state index in [-0.39, 0.29) is 6.10 Å². The van der Waals surface area contributed by atoms with Gasteiger partial charge in [-0.1, -0.05) is 23.9 Å². The van der Waals surface area contributed by atoms with Crippen molar-refractivity contribution < 1.29 is 18.6 Å². The molecule has 0 amide bonds. The predicted octanol–water partition coefficient (Wildman–Crippen LogP) is 3.68. The highest BCUT2D eigenvalue weighted by Crippen LogP contribution is 2.32. The first-order valence-electron chi connectivity index (χ1n) is 7.81. The molecule has 2 heterocycles. The summed E-state index contributed by atoms with van der Waals surface area (Å²) in [5.41, 5.74) is 0.853. The van der Waals surface area contributed by atoms with Gasteiger partial charge in [-0.05, 0) is 36.4 Å². The molecule has 0 fully saturated rings. The van der Waals surface area contributed by atoms with Crippen LogP contribution in [0, 0.1) is 0 Å². The lowest BCUT2D eigenvalue weighted by Crippen LogP contribution is -2.31. The molecule has 25 heavy (non-hydrogen) atoms. The van der Waals surface area contributed by atoms with Crippen LogP contribution in [-0.4, -0.2) is 35.8 Å². The lowest BCUT2D eigenvalue weighted by Gasteiger charge is -2.25. The molecule has 0 N–H and O–H groups in total. The summed E-state index contributed by atoms with van der Waals surface area (Å²) < 4.78 is 22.5. The summed E-state index contributed by atoms with van der Waals surface area (Å²) in [7, 11) is 1.63. The molecule has 0 spiro atoms. The van der Waals surface area contributed by atoms with Crippen LogP contribution in [0.5, 0.6) is 17.2 Å². The van der Waals surface area contributed by atoms with Gasteiger partial charge in [-0.2, -0.15) is 0 Å². The Labute approximate surface area is 149 Å². The zero-order valence-corrected chi connectivity index (χ0v) is 14.4. The fourth-order valence-corrected chi connectivity index (χ4v) is 3.16. The minimum Gasteiger partial charge on any atom is -0.497 e. The van der Waals surface area contributed by atoms with Crippen LogP contribution in [0.1, 0.15) is 0 Å². The monoisotopic (exact) mass is 356 g/mol. The molecule has 128 valence electrons. The number of nitrogens with zero attached hydrogens (tertiary/aromatic N) is 2. The van der Waals surface area contributed by atoms with Gasteiger partial charge in [-0.25, -0.2) is 0 Å². The quantitative estimate of drug-likeness (QED) is 0.646. The number of para-hydroxylation sites is 2. The van der Waals surface area contributed by atoms with E-state index in [1.807, 2.05) is 48.5 Å². The average molecular weight is 356 g/mol. The minimum atomic E-state index is -0.0590. The highest BCUT2D eigenvalue weighted by Gasteiger charge is 2.22. The molecular formula is C18H16N2O4S. The minimum absolute atomic E-state index is 0.0590. The van der Waals surface area contributed by atoms with Crippen LogP contribution in [0.25, 0.3) is 11.5 Å². The summed E-state index contributed by atoms with van der Waals surface area (Å²) in [6.07, 6.45) is -0.0590. The van der Waals surface area contributed by atoms with Gasteiger partial charge >= 0.3 is 0 Å². The van der Waals surface area contributed by atoms with E-state index >= 15 is 0 Å². The maximum Gasteiger partial charge on any atom is 0.276 e. The van der Waals surface area contributed by atoms with E-state index in [1.54, 1.807) is 7.11 Å². The molecule has 0 saturated carbocycles. The number of fused-ring (bicyclic) bond motifs is 1. The van der Waals surface area contributed by atoms with Crippen molar-refractivity contribution in [2.24, 2.45) is 0 Å². The van der Waals surface area contributed by atoms with Crippen molar-refractivity contribution in [1.29, 1.82) is 0 Å². The Bertz CT molecular complexity index is 850. The number of thioether (sulfide) groups is 1. The van der Waals surface area contributed by atoms with Crippen molar-refractivity contribution in [3.05, 3.63) is 48.5 Å². The summed E-state index contributed by atoms with van der Waals surface area (Å²) in [4.78, 5) is 0. The number of hydrogen-bond acceptors (Lipinski definition) is 7. The molecule has 2 aromatic carbocycles. The summed E-state index contributed by atoms with van der Waals surface area (Å²) in [5.74, 6) is 3.48. The van der Waals surface area contributed by atoms with Crippen molar-refractivity contribution in [2.75, 3.05) is 19.5 Å². The molecule has 6 nitrogen and oxygen atoms in total. The van der Waals surface area contributed by atoms with Crippen molar-refractivity contribution in [1.82, 2.24) is 10.2 Å². The van der Waals surface area contributed by atoms with E-state index in [4.69, 9.17) is 18.6 Å². The number of benzene rings is 2. The number of hydrogen-bond donors (Lipinski definition) is 0. The third kappa shape index (κ3) is 3.56. The van der Waals surface area contributed by atoms with E-state index in [1.165, 1.54) is 11.8 Å². The molecule has 0 saturated heterocycles. The molecule has 0 aliphatic carbocycles. The highest BCUT2D eigenvalue weighted by molar-refractivity contribution is 7.99. The Kier molecular flexibility index (Phi) is 4.47. The predicted molar refractivity (Wildman–Crippen MR) is 93.4 cm³/mol. The van der Waals surface area contributed by atoms with Gasteiger partial charge in [0.1, 0.15) is 18.5 Å². The average Bonchev–Trinajstić information content (AvgIpc) is 3.15. The molecule has 1 atom stereocenters. The van der Waals surface area contributed by atoms with Crippen LogP contribution >= 0.6 is 11.8 Å². The zero-order valence-electron chi connectivity index (χ0n) is 13.5. The summed E-state index contributed by atoms with van der Waals surface area (Å²) in [6, 6.07) is 15.1. The number of ether oxygens (including phenoxy) is 3. The Hall–Kier alpha value is -2.67. The Morgan fingerprint density at radius 2 is 1.88 bits per heavy atom. The molecule has 1 aliphatic rings. The molecule has 7 heteroatoms. The van der Waals surface area contributed by atoms with Crippen molar-refractivity contribution in [2.45, 2.75) is 11.3 Å². The number of methoxy groups -OCH3 is 1. The smallest absolute Gasteiger partial charge is 0.276 e. The third-order valence-corrected chi connectivity index (χ3v) is 4.65. The third-order valence-electron chi connectivity index (χ3n) is 3.70. The molecule has 1 aromatic heterocycles. The van der Waals surface area contributed by atoms with Crippen molar-refractivity contribution in [3.8, 4) is 28.7 Å². The largest absolute Gasteiger partial charge is 0.497 e. The highest BCUT2D eigenvalue weighted by atomic mass is 32.2. The van der Waals surface area contributed by atoms with Crippen LogP contribution in [0.3, 0.4) is 0 Å². The fourth-order valence-electron chi connectivity index (χ4n) is 2.43. The van der Waals surface area contributed by atoms with Gasteiger partial charge in [-0.3, -0.25) is 0 Å². The zero-order chi connectivity index (χ0) is 17.1. The summed E-state index contributed by atoms with van der Waals surface area (Å²) >= 11 is 1.45. The van der Waals surface area contributed by atoms with E-state index < -0.39 is 0 Å². The topological polar surface area (TPSA) is 66.6 Å². The second kappa shape index (κ2) is 7.06. The molecule has 4 rings (SSSR count). The van der Waals surface area contributed by atoms with E-state index in [0.29, 0.717) is 23.5 Å². The van der Waals surface area contributed by atoms with Gasteiger partial charge in [0.2, 0.25) is 5.89 Å². The Morgan fingerprint density at radius 3 is 2.68 bits per heavy atom. The maximum absolute atomic E-state index is 5.92. The molecule has 0 radical (unpaired) electrons. The van der Waals surface area contributed by atoms with Crippen LogP contribution in [0.15, 0.2) is 58.2 Å². The second-order valence-corrected chi connectivity index (χ2v) is 6.38. The van der Waals surface area contributed by atoms with E-state index in [2.05, 4.69) is 10.2 Å². The van der Waals surface area contributed by atoms with Crippen LogP contribution in [-0.2, 0) is 0 Å². The first-order valence-corrected chi connectivity index (χ1v) is 8.79. The Morgan fingerprint density at radius 1 is 1.08 bits per heavy atom. The van der Waals surface area contributed by atoms with E-state index in [0.717, 1.165) is 22.8 Å². The fraction of sp³-hybridized carbons (Fsp3) is 0.222. The molecule has 3 aromatic rings. The van der Waals surface area contributed by atoms with Gasteiger partial charge in [0.05, 0.1) is 7.11 Å². The summed E-state index contributed by atoms with van der Waals surface area (Å²) in [5, 5.41) is 8.68. The SMILES string of the molecule is COc1ccc(-c2nnc(SC[C@H]3COc4ccccc4O3)o2)cc1. The number of aromatic nitrogens is 2. The van der Waals surface area contributed by atoms with Crippen molar-refractivity contribution >= 4 is 11.8 Å². The standard InChI is InChI=1S/C18H16N2O4S/c1-21-13-8-6-12(7-9-13)17-19-20-18(24-17)25-11-14-10-22-15-4-2-3-5-16(15)23-14/h2-9,14H,10-11H2,1H3/t14-/m1/s1. The van der Waals surface area contributed by atoms with Gasteiger partial charge in [0, 0.05) is 11.3 Å². The molecule has 0 unspecified atom stereocenters. The Balaban J connectivity index is 1.37. The first-order chi connectivity index (χ1) is 12.3.